The number of thiazole rings is 1. The molecule has 0 spiro atoms. The smallest absolute Gasteiger partial charge is 0.326 e. The Morgan fingerprint density at radius 3 is 1.93 bits per heavy atom. The average Bonchev–Trinajstić information content (AvgIpc) is 4.25. The number of aromatic nitrogens is 4. The van der Waals surface area contributed by atoms with Crippen molar-refractivity contribution < 1.29 is 64.2 Å². The van der Waals surface area contributed by atoms with E-state index < -0.39 is 68.3 Å². The maximum Gasteiger partial charge on any atom is 0.326 e. The highest BCUT2D eigenvalue weighted by molar-refractivity contribution is 7.91. The van der Waals surface area contributed by atoms with Crippen molar-refractivity contribution in [3.8, 4) is 23.0 Å². The number of hydrogen-bond acceptors (Lipinski definition) is 17. The molecule has 8 aromatic rings. The third-order valence-electron chi connectivity index (χ3n) is 12.7. The van der Waals surface area contributed by atoms with E-state index in [1.807, 2.05) is 61.5 Å². The molecule has 0 fully saturated rings. The van der Waals surface area contributed by atoms with Crippen LogP contribution in [0.15, 0.2) is 161 Å². The molecule has 20 nitrogen and oxygen atoms in total. The standard InChI is InChI=1S/C57H58N6O14S3/c1-36(2)53(54(65)58-51(55(66)67)30-39-14-20-46(21-15-39)75-34-48(77-38(4)64)35-76-80(70,71)49-27-12-37(3)13-28-49)63-32-43(60-62-63)33-74-47-26-29-50-52(31-47)78-56(59-50)79(68,69)61-57(40-10-8-7-9-11-40,41-16-22-44(72-5)23-17-41)42-18-24-45(73-6)25-19-42/h7-29,31-32,36,48,51,53,61H,30,33-35H2,1-6H3,(H,58,65)(H,66,67)/t48?,51?,53-/m0/s1. The van der Waals surface area contributed by atoms with Crippen LogP contribution in [-0.4, -0.2) is 99.3 Å². The number of carbonyl (C=O) groups excluding carboxylic acids is 2. The average molecular weight is 1150 g/mol. The van der Waals surface area contributed by atoms with Crippen molar-refractivity contribution >= 4 is 59.5 Å². The molecule has 0 aliphatic rings. The van der Waals surface area contributed by atoms with Gasteiger partial charge in [-0.3, -0.25) is 13.8 Å². The van der Waals surface area contributed by atoms with Crippen LogP contribution < -0.4 is 29.0 Å². The van der Waals surface area contributed by atoms with Gasteiger partial charge in [0.1, 0.15) is 66.1 Å². The van der Waals surface area contributed by atoms with Crippen LogP contribution in [0.5, 0.6) is 23.0 Å². The number of aryl methyl sites for hydroxylation is 1. The van der Waals surface area contributed by atoms with Crippen molar-refractivity contribution in [3.63, 3.8) is 0 Å². The molecule has 3 N–H and O–H groups in total. The number of sulfonamides is 1. The number of nitrogens with zero attached hydrogens (tertiary/aromatic N) is 4. The fourth-order valence-corrected chi connectivity index (χ4v) is 12.2. The number of esters is 1. The van der Waals surface area contributed by atoms with Gasteiger partial charge < -0.3 is 34.1 Å². The lowest BCUT2D eigenvalue weighted by molar-refractivity contribution is -0.149. The van der Waals surface area contributed by atoms with Gasteiger partial charge in [-0.25, -0.2) is 22.9 Å². The summed E-state index contributed by atoms with van der Waals surface area (Å²) in [6.07, 6.45) is 0.355. The number of carboxylic acid groups (broad SMARTS) is 1. The molecule has 418 valence electrons. The van der Waals surface area contributed by atoms with Crippen molar-refractivity contribution in [2.75, 3.05) is 27.4 Å². The molecule has 6 aromatic carbocycles. The molecule has 0 aliphatic heterocycles. The molecule has 80 heavy (non-hydrogen) atoms. The Kier molecular flexibility index (Phi) is 18.3. The molecule has 0 saturated heterocycles. The van der Waals surface area contributed by atoms with Crippen LogP contribution in [0.25, 0.3) is 10.2 Å². The number of hydrogen-bond donors (Lipinski definition) is 3. The van der Waals surface area contributed by atoms with Crippen LogP contribution in [0, 0.1) is 12.8 Å². The van der Waals surface area contributed by atoms with Gasteiger partial charge in [0.05, 0.1) is 35.5 Å². The van der Waals surface area contributed by atoms with Gasteiger partial charge in [0.2, 0.25) is 10.2 Å². The lowest BCUT2D eigenvalue weighted by Gasteiger charge is -2.36. The van der Waals surface area contributed by atoms with E-state index in [4.69, 9.17) is 27.9 Å². The van der Waals surface area contributed by atoms with Gasteiger partial charge in [-0.15, -0.1) is 16.4 Å². The van der Waals surface area contributed by atoms with E-state index >= 15 is 0 Å². The van der Waals surface area contributed by atoms with Gasteiger partial charge >= 0.3 is 11.9 Å². The summed E-state index contributed by atoms with van der Waals surface area (Å²) in [7, 11) is -5.39. The molecular formula is C57H58N6O14S3. The number of methoxy groups -OCH3 is 2. The third kappa shape index (κ3) is 14.0. The number of amides is 1. The zero-order chi connectivity index (χ0) is 57.2. The van der Waals surface area contributed by atoms with Crippen molar-refractivity contribution in [2.45, 2.75) is 73.7 Å². The van der Waals surface area contributed by atoms with Gasteiger partial charge in [-0.1, -0.05) is 103 Å². The van der Waals surface area contributed by atoms with Crippen molar-refractivity contribution in [2.24, 2.45) is 5.92 Å². The summed E-state index contributed by atoms with van der Waals surface area (Å²) < 4.78 is 92.8. The molecule has 2 heterocycles. The maximum atomic E-state index is 14.7. The van der Waals surface area contributed by atoms with Gasteiger partial charge in [0.25, 0.3) is 20.1 Å². The zero-order valence-electron chi connectivity index (χ0n) is 44.3. The van der Waals surface area contributed by atoms with Gasteiger partial charge in [0.15, 0.2) is 6.10 Å². The number of rotatable bonds is 26. The highest BCUT2D eigenvalue weighted by Gasteiger charge is 2.42. The first-order valence-electron chi connectivity index (χ1n) is 25.0. The zero-order valence-corrected chi connectivity index (χ0v) is 46.8. The van der Waals surface area contributed by atoms with E-state index in [1.54, 1.807) is 107 Å². The second-order valence-electron chi connectivity index (χ2n) is 18.8. The monoisotopic (exact) mass is 1150 g/mol. The van der Waals surface area contributed by atoms with Crippen molar-refractivity contribution in [3.05, 3.63) is 185 Å². The predicted molar refractivity (Wildman–Crippen MR) is 296 cm³/mol. The molecule has 0 radical (unpaired) electrons. The van der Waals surface area contributed by atoms with E-state index in [0.29, 0.717) is 61.2 Å². The summed E-state index contributed by atoms with van der Waals surface area (Å²) in [6, 6.07) is 38.7. The second-order valence-corrected chi connectivity index (χ2v) is 23.3. The van der Waals surface area contributed by atoms with E-state index in [-0.39, 0.29) is 34.8 Å². The highest BCUT2D eigenvalue weighted by Crippen LogP contribution is 2.41. The SMILES string of the molecule is COc1ccc(C(NS(=O)(=O)c2nc3ccc(OCc4cn([C@H](C(=O)NC(Cc5ccc(OCC(COS(=O)(=O)c6ccc(C)cc6)OC(C)=O)cc5)C(=O)O)C(C)C)nn4)cc3s2)(c2ccccc2)c2ccc(OC)cc2)cc1. The van der Waals surface area contributed by atoms with Crippen LogP contribution in [0.1, 0.15) is 60.3 Å². The number of nitrogens with one attached hydrogen (secondary N) is 2. The largest absolute Gasteiger partial charge is 0.497 e. The van der Waals surface area contributed by atoms with E-state index in [9.17, 15) is 36.3 Å². The molecule has 0 bridgehead atoms. The van der Waals surface area contributed by atoms with Crippen LogP contribution in [0.3, 0.4) is 0 Å². The van der Waals surface area contributed by atoms with E-state index in [0.717, 1.165) is 16.9 Å². The topological polar surface area (TPSA) is 263 Å². The Morgan fingerprint density at radius 1 is 0.738 bits per heavy atom. The fraction of sp³-hybridized carbons (Fsp3) is 0.263. The number of ether oxygens (including phenoxy) is 5. The summed E-state index contributed by atoms with van der Waals surface area (Å²) >= 11 is 0.968. The number of carboxylic acids is 1. The second kappa shape index (κ2) is 25.3. The summed E-state index contributed by atoms with van der Waals surface area (Å²) in [5.41, 5.74) is 2.65. The first-order chi connectivity index (χ1) is 38.3. The van der Waals surface area contributed by atoms with E-state index in [1.165, 1.54) is 29.9 Å². The maximum absolute atomic E-state index is 14.7. The molecule has 0 aliphatic carbocycles. The van der Waals surface area contributed by atoms with Crippen LogP contribution in [0.2, 0.25) is 0 Å². The molecular weight excluding hydrogens is 1090 g/mol. The Hall–Kier alpha value is -8.22. The minimum atomic E-state index is -4.36. The number of fused-ring (bicyclic) bond motifs is 1. The lowest BCUT2D eigenvalue weighted by Crippen LogP contribution is -2.47. The first kappa shape index (κ1) is 57.9. The minimum absolute atomic E-state index is 0.0557. The highest BCUT2D eigenvalue weighted by atomic mass is 32.2. The Bertz CT molecular complexity index is 3610. The van der Waals surface area contributed by atoms with Gasteiger partial charge in [-0.2, -0.15) is 13.1 Å². The van der Waals surface area contributed by atoms with Gasteiger partial charge in [-0.05, 0) is 102 Å². The van der Waals surface area contributed by atoms with Crippen molar-refractivity contribution in [1.29, 1.82) is 0 Å². The number of benzene rings is 6. The third-order valence-corrected chi connectivity index (χ3v) is 16.8. The molecule has 2 aromatic heterocycles. The predicted octanol–water partition coefficient (Wildman–Crippen LogP) is 7.79. The first-order valence-corrected chi connectivity index (χ1v) is 28.7. The summed E-state index contributed by atoms with van der Waals surface area (Å²) in [5.74, 6) is -1.04. The Morgan fingerprint density at radius 2 is 1.34 bits per heavy atom. The molecule has 3 atom stereocenters. The summed E-state index contributed by atoms with van der Waals surface area (Å²) in [4.78, 5) is 42.7. The van der Waals surface area contributed by atoms with Crippen molar-refractivity contribution in [1.82, 2.24) is 30.0 Å². The number of aliphatic carboxylic acids is 1. The van der Waals surface area contributed by atoms with Gasteiger partial charge in [0, 0.05) is 13.3 Å². The molecule has 0 saturated carbocycles. The Balaban J connectivity index is 0.907. The molecule has 8 rings (SSSR count). The summed E-state index contributed by atoms with van der Waals surface area (Å²) in [5, 5.41) is 21.3. The van der Waals surface area contributed by atoms with Crippen LogP contribution >= 0.6 is 11.3 Å². The quantitative estimate of drug-likeness (QED) is 0.0265. The Labute approximate surface area is 466 Å². The number of carbonyl (C=O) groups is 3. The molecule has 1 amide bonds. The normalized spacial score (nSPS) is 13.0. The van der Waals surface area contributed by atoms with Crippen LogP contribution in [0.4, 0.5) is 0 Å². The fourth-order valence-electron chi connectivity index (χ4n) is 8.67. The van der Waals surface area contributed by atoms with E-state index in [2.05, 4.69) is 25.3 Å². The summed E-state index contributed by atoms with van der Waals surface area (Å²) in [6.45, 7) is 5.71. The molecule has 23 heteroatoms. The minimum Gasteiger partial charge on any atom is -0.497 e. The van der Waals surface area contributed by atoms with Crippen LogP contribution in [-0.2, 0) is 62.0 Å². The lowest BCUT2D eigenvalue weighted by atomic mass is 9.78. The molecule has 2 unspecified atom stereocenters.